The fourth-order valence-electron chi connectivity index (χ4n) is 2.23. The van der Waals surface area contributed by atoms with Crippen LogP contribution in [0.2, 0.25) is 0 Å². The normalized spacial score (nSPS) is 15.5. The molecule has 1 aromatic rings. The number of hydrogen-bond donors (Lipinski definition) is 1. The first-order valence-electron chi connectivity index (χ1n) is 6.21. The Labute approximate surface area is 116 Å². The molecule has 0 amide bonds. The fourth-order valence-corrected chi connectivity index (χ4v) is 2.23. The minimum absolute atomic E-state index is 0.142. The van der Waals surface area contributed by atoms with Crippen LogP contribution in [0.1, 0.15) is 29.3 Å². The van der Waals surface area contributed by atoms with E-state index in [0.717, 1.165) is 0 Å². The first-order valence-corrected chi connectivity index (χ1v) is 6.21. The summed E-state index contributed by atoms with van der Waals surface area (Å²) >= 11 is 0. The molecule has 2 rings (SSSR count). The molecule has 1 atom stereocenters. The molecule has 106 valence electrons. The molecule has 0 saturated carbocycles. The van der Waals surface area contributed by atoms with Crippen LogP contribution in [-0.4, -0.2) is 37.0 Å². The third-order valence-electron chi connectivity index (χ3n) is 3.13. The molecule has 5 heteroatoms. The molecule has 0 spiro atoms. The number of ketones is 2. The molecule has 1 aromatic carbocycles. The van der Waals surface area contributed by atoms with Crippen molar-refractivity contribution in [2.45, 2.75) is 19.4 Å². The summed E-state index contributed by atoms with van der Waals surface area (Å²) in [6, 6.07) is 3.24. The number of methoxy groups -OCH3 is 2. The SMILES string of the molecule is COc1cc2c(c(OC)c1)C(=O)C(=O)C(CC(C)O)=C2. The first-order chi connectivity index (χ1) is 9.47. The zero-order valence-corrected chi connectivity index (χ0v) is 11.6. The zero-order valence-electron chi connectivity index (χ0n) is 11.6. The van der Waals surface area contributed by atoms with Gasteiger partial charge in [-0.25, -0.2) is 0 Å². The molecule has 1 N–H and O–H groups in total. The highest BCUT2D eigenvalue weighted by Gasteiger charge is 2.31. The van der Waals surface area contributed by atoms with E-state index in [-0.39, 0.29) is 12.0 Å². The van der Waals surface area contributed by atoms with Crippen molar-refractivity contribution < 1.29 is 24.2 Å². The molecule has 1 aliphatic carbocycles. The van der Waals surface area contributed by atoms with Crippen molar-refractivity contribution in [1.29, 1.82) is 0 Å². The lowest BCUT2D eigenvalue weighted by molar-refractivity contribution is -0.112. The van der Waals surface area contributed by atoms with Crippen LogP contribution in [0.3, 0.4) is 0 Å². The lowest BCUT2D eigenvalue weighted by Crippen LogP contribution is -2.24. The molecule has 0 bridgehead atoms. The van der Waals surface area contributed by atoms with Crippen molar-refractivity contribution >= 4 is 17.6 Å². The number of hydrogen-bond acceptors (Lipinski definition) is 5. The van der Waals surface area contributed by atoms with E-state index in [0.29, 0.717) is 22.6 Å². The second-order valence-corrected chi connectivity index (χ2v) is 4.67. The quantitative estimate of drug-likeness (QED) is 0.846. The van der Waals surface area contributed by atoms with Crippen molar-refractivity contribution in [2.75, 3.05) is 14.2 Å². The molecule has 5 nitrogen and oxygen atoms in total. The van der Waals surface area contributed by atoms with Crippen molar-refractivity contribution in [2.24, 2.45) is 0 Å². The van der Waals surface area contributed by atoms with Crippen LogP contribution in [0.5, 0.6) is 11.5 Å². The van der Waals surface area contributed by atoms with E-state index < -0.39 is 17.7 Å². The number of aliphatic hydroxyl groups excluding tert-OH is 1. The third kappa shape index (κ3) is 2.44. The molecular weight excluding hydrogens is 260 g/mol. The van der Waals surface area contributed by atoms with Crippen LogP contribution in [0, 0.1) is 0 Å². The van der Waals surface area contributed by atoms with Gasteiger partial charge in [0, 0.05) is 18.1 Å². The minimum Gasteiger partial charge on any atom is -0.497 e. The van der Waals surface area contributed by atoms with Crippen LogP contribution in [0.4, 0.5) is 0 Å². The van der Waals surface area contributed by atoms with Crippen LogP contribution < -0.4 is 9.47 Å². The predicted molar refractivity (Wildman–Crippen MR) is 73.2 cm³/mol. The summed E-state index contributed by atoms with van der Waals surface area (Å²) in [5.74, 6) is -0.361. The lowest BCUT2D eigenvalue weighted by atomic mass is 9.87. The monoisotopic (exact) mass is 276 g/mol. The molecule has 0 aromatic heterocycles. The van der Waals surface area contributed by atoms with Gasteiger partial charge in [0.2, 0.25) is 11.6 Å². The highest BCUT2D eigenvalue weighted by molar-refractivity contribution is 6.52. The summed E-state index contributed by atoms with van der Waals surface area (Å²) in [7, 11) is 2.94. The molecule has 1 unspecified atom stereocenters. The Kier molecular flexibility index (Phi) is 3.90. The molecule has 0 heterocycles. The summed E-state index contributed by atoms with van der Waals surface area (Å²) in [4.78, 5) is 24.2. The Hall–Kier alpha value is -2.14. The largest absolute Gasteiger partial charge is 0.497 e. The molecule has 20 heavy (non-hydrogen) atoms. The van der Waals surface area contributed by atoms with Gasteiger partial charge in [0.25, 0.3) is 0 Å². The smallest absolute Gasteiger partial charge is 0.237 e. The van der Waals surface area contributed by atoms with Crippen molar-refractivity contribution in [1.82, 2.24) is 0 Å². The summed E-state index contributed by atoms with van der Waals surface area (Å²) in [5, 5.41) is 9.40. The maximum atomic E-state index is 12.2. The van der Waals surface area contributed by atoms with Crippen LogP contribution >= 0.6 is 0 Å². The number of aliphatic hydroxyl groups is 1. The van der Waals surface area contributed by atoms with E-state index in [4.69, 9.17) is 9.47 Å². The highest BCUT2D eigenvalue weighted by atomic mass is 16.5. The second kappa shape index (κ2) is 5.46. The lowest BCUT2D eigenvalue weighted by Gasteiger charge is -2.18. The van der Waals surface area contributed by atoms with Crippen LogP contribution in [0.25, 0.3) is 6.08 Å². The Morgan fingerprint density at radius 2 is 1.85 bits per heavy atom. The Morgan fingerprint density at radius 3 is 2.40 bits per heavy atom. The topological polar surface area (TPSA) is 72.8 Å². The average molecular weight is 276 g/mol. The second-order valence-electron chi connectivity index (χ2n) is 4.67. The summed E-state index contributed by atoms with van der Waals surface area (Å²) in [5.41, 5.74) is 1.11. The maximum absolute atomic E-state index is 12.2. The number of Topliss-reactive ketones (excluding diaryl/α,β-unsaturated/α-hetero) is 2. The predicted octanol–water partition coefficient (Wildman–Crippen LogP) is 1.62. The number of fused-ring (bicyclic) bond motifs is 1. The van der Waals surface area contributed by atoms with Gasteiger partial charge in [-0.05, 0) is 24.6 Å². The van der Waals surface area contributed by atoms with Gasteiger partial charge in [0.15, 0.2) is 0 Å². The van der Waals surface area contributed by atoms with Gasteiger partial charge in [-0.15, -0.1) is 0 Å². The third-order valence-corrected chi connectivity index (χ3v) is 3.13. The number of benzene rings is 1. The van der Waals surface area contributed by atoms with Crippen molar-refractivity contribution in [3.63, 3.8) is 0 Å². The van der Waals surface area contributed by atoms with Gasteiger partial charge in [0.05, 0.1) is 25.9 Å². The van der Waals surface area contributed by atoms with Gasteiger partial charge in [-0.2, -0.15) is 0 Å². The van der Waals surface area contributed by atoms with Gasteiger partial charge in [-0.3, -0.25) is 9.59 Å². The number of rotatable bonds is 4. The first kappa shape index (κ1) is 14.3. The molecule has 0 saturated heterocycles. The van der Waals surface area contributed by atoms with Gasteiger partial charge < -0.3 is 14.6 Å². The van der Waals surface area contributed by atoms with E-state index in [1.54, 1.807) is 25.1 Å². The average Bonchev–Trinajstić information content (AvgIpc) is 2.42. The van der Waals surface area contributed by atoms with E-state index in [1.165, 1.54) is 14.2 Å². The summed E-state index contributed by atoms with van der Waals surface area (Å²) < 4.78 is 10.3. The van der Waals surface area contributed by atoms with E-state index in [1.807, 2.05) is 0 Å². The standard InChI is InChI=1S/C15H16O5/c1-8(16)4-10-5-9-6-11(19-2)7-12(20-3)13(9)15(18)14(10)17/h5-8,16H,4H2,1-3H3. The Bertz CT molecular complexity index is 599. The zero-order chi connectivity index (χ0) is 14.9. The molecular formula is C15H16O5. The van der Waals surface area contributed by atoms with E-state index >= 15 is 0 Å². The summed E-state index contributed by atoms with van der Waals surface area (Å²) in [6.07, 6.45) is 1.06. The Balaban J connectivity index is 2.61. The number of carbonyl (C=O) groups excluding carboxylic acids is 2. The van der Waals surface area contributed by atoms with Gasteiger partial charge in [-0.1, -0.05) is 0 Å². The van der Waals surface area contributed by atoms with Gasteiger partial charge in [0.1, 0.15) is 11.5 Å². The van der Waals surface area contributed by atoms with Crippen LogP contribution in [0.15, 0.2) is 17.7 Å². The molecule has 0 fully saturated rings. The molecule has 0 radical (unpaired) electrons. The van der Waals surface area contributed by atoms with Crippen LogP contribution in [-0.2, 0) is 4.79 Å². The maximum Gasteiger partial charge on any atom is 0.237 e. The van der Waals surface area contributed by atoms with Crippen molar-refractivity contribution in [3.05, 3.63) is 28.8 Å². The summed E-state index contributed by atoms with van der Waals surface area (Å²) in [6.45, 7) is 1.57. The Morgan fingerprint density at radius 1 is 1.15 bits per heavy atom. The highest BCUT2D eigenvalue weighted by Crippen LogP contribution is 2.34. The van der Waals surface area contributed by atoms with Gasteiger partial charge >= 0.3 is 0 Å². The fraction of sp³-hybridized carbons (Fsp3) is 0.333. The molecule has 0 aliphatic heterocycles. The molecule has 1 aliphatic rings. The van der Waals surface area contributed by atoms with E-state index in [9.17, 15) is 14.7 Å². The number of carbonyl (C=O) groups is 2. The minimum atomic E-state index is -0.688. The van der Waals surface area contributed by atoms with E-state index in [2.05, 4.69) is 0 Å². The number of ether oxygens (including phenoxy) is 2. The van der Waals surface area contributed by atoms with Crippen molar-refractivity contribution in [3.8, 4) is 11.5 Å².